The van der Waals surface area contributed by atoms with E-state index in [0.717, 1.165) is 12.8 Å². The largest absolute Gasteiger partial charge is 0.0620 e. The van der Waals surface area contributed by atoms with Crippen LogP contribution in [-0.4, -0.2) is 0 Å². The van der Waals surface area contributed by atoms with E-state index >= 15 is 0 Å². The van der Waals surface area contributed by atoms with E-state index in [0.29, 0.717) is 11.8 Å². The molecule has 0 aliphatic rings. The highest BCUT2D eigenvalue weighted by atomic mass is 14.1. The maximum absolute atomic E-state index is 2.24. The quantitative estimate of drug-likeness (QED) is 0.585. The topological polar surface area (TPSA) is 0 Å². The molecule has 0 aromatic heterocycles. The summed E-state index contributed by atoms with van der Waals surface area (Å²) in [6.45, 7) is 13.3. The molecule has 2 rings (SSSR count). The highest BCUT2D eigenvalue weighted by Crippen LogP contribution is 2.19. The first kappa shape index (κ1) is 18.5. The van der Waals surface area contributed by atoms with Crippen LogP contribution >= 0.6 is 0 Å². The second kappa shape index (κ2) is 9.46. The van der Waals surface area contributed by atoms with Gasteiger partial charge in [-0.2, -0.15) is 0 Å². The van der Waals surface area contributed by atoms with Crippen LogP contribution in [0.25, 0.3) is 0 Å². The van der Waals surface area contributed by atoms with Gasteiger partial charge in [-0.05, 0) is 46.9 Å². The van der Waals surface area contributed by atoms with E-state index in [1.54, 1.807) is 0 Å². The van der Waals surface area contributed by atoms with E-state index < -0.39 is 0 Å². The Kier molecular flexibility index (Phi) is 7.95. The SMILES string of the molecule is CCc1ccc(C(C)C)cc1.CCc1ccccc1C(C)C. The molecule has 0 saturated heterocycles. The van der Waals surface area contributed by atoms with Gasteiger partial charge in [-0.15, -0.1) is 0 Å². The third-order valence-electron chi connectivity index (χ3n) is 4.11. The van der Waals surface area contributed by atoms with Crippen molar-refractivity contribution < 1.29 is 0 Å². The standard InChI is InChI=1S/2C11H16/c1-4-10-5-7-11(8-6-10)9(2)3;1-4-10-7-5-6-8-11(10)9(2)3/h2*5-9H,4H2,1-3H3. The van der Waals surface area contributed by atoms with E-state index in [1.807, 2.05) is 0 Å². The molecule has 0 saturated carbocycles. The molecule has 22 heavy (non-hydrogen) atoms. The number of hydrogen-bond acceptors (Lipinski definition) is 0. The molecule has 0 aliphatic heterocycles. The number of rotatable bonds is 4. The van der Waals surface area contributed by atoms with Crippen molar-refractivity contribution >= 4 is 0 Å². The van der Waals surface area contributed by atoms with Gasteiger partial charge in [0.1, 0.15) is 0 Å². The smallest absolute Gasteiger partial charge is 0.0216 e. The lowest BCUT2D eigenvalue weighted by atomic mass is 9.96. The number of hydrogen-bond donors (Lipinski definition) is 0. The van der Waals surface area contributed by atoms with Crippen molar-refractivity contribution in [2.24, 2.45) is 0 Å². The summed E-state index contributed by atoms with van der Waals surface area (Å²) in [5, 5.41) is 0. The molecule has 2 aromatic rings. The second-order valence-electron chi connectivity index (χ2n) is 6.46. The first-order valence-corrected chi connectivity index (χ1v) is 8.66. The summed E-state index contributed by atoms with van der Waals surface area (Å²) in [5.74, 6) is 1.31. The Bertz CT molecular complexity index is 532. The summed E-state index contributed by atoms with van der Waals surface area (Å²) in [6.07, 6.45) is 2.28. The van der Waals surface area contributed by atoms with Gasteiger partial charge in [0.25, 0.3) is 0 Å². The van der Waals surface area contributed by atoms with Gasteiger partial charge in [0.15, 0.2) is 0 Å². The summed E-state index contributed by atoms with van der Waals surface area (Å²) < 4.78 is 0. The van der Waals surface area contributed by atoms with Crippen molar-refractivity contribution in [3.05, 3.63) is 70.8 Å². The van der Waals surface area contributed by atoms with Crippen LogP contribution in [-0.2, 0) is 12.8 Å². The molecular formula is C22H32. The third kappa shape index (κ3) is 5.67. The number of aryl methyl sites for hydroxylation is 2. The zero-order valence-corrected chi connectivity index (χ0v) is 15.2. The van der Waals surface area contributed by atoms with Gasteiger partial charge in [-0.3, -0.25) is 0 Å². The summed E-state index contributed by atoms with van der Waals surface area (Å²) in [4.78, 5) is 0. The highest BCUT2D eigenvalue weighted by Gasteiger charge is 2.02. The van der Waals surface area contributed by atoms with Crippen molar-refractivity contribution in [2.45, 2.75) is 66.2 Å². The van der Waals surface area contributed by atoms with Gasteiger partial charge < -0.3 is 0 Å². The Labute approximate surface area is 137 Å². The van der Waals surface area contributed by atoms with Crippen molar-refractivity contribution in [1.82, 2.24) is 0 Å². The molecule has 0 aliphatic carbocycles. The minimum atomic E-state index is 0.654. The zero-order valence-electron chi connectivity index (χ0n) is 15.2. The second-order valence-corrected chi connectivity index (χ2v) is 6.46. The minimum absolute atomic E-state index is 0.654. The maximum Gasteiger partial charge on any atom is -0.0216 e. The molecule has 0 fully saturated rings. The van der Waals surface area contributed by atoms with Gasteiger partial charge >= 0.3 is 0 Å². The van der Waals surface area contributed by atoms with Crippen LogP contribution in [0.4, 0.5) is 0 Å². The van der Waals surface area contributed by atoms with Crippen LogP contribution in [0.5, 0.6) is 0 Å². The highest BCUT2D eigenvalue weighted by molar-refractivity contribution is 5.29. The molecule has 0 nitrogen and oxygen atoms in total. The zero-order chi connectivity index (χ0) is 16.5. The fourth-order valence-corrected chi connectivity index (χ4v) is 2.56. The average molecular weight is 296 g/mol. The Morgan fingerprint density at radius 2 is 1.27 bits per heavy atom. The Hall–Kier alpha value is -1.56. The van der Waals surface area contributed by atoms with Crippen LogP contribution in [0.1, 0.15) is 75.6 Å². The number of benzene rings is 2. The monoisotopic (exact) mass is 296 g/mol. The van der Waals surface area contributed by atoms with Gasteiger partial charge in [0.05, 0.1) is 0 Å². The lowest BCUT2D eigenvalue weighted by Crippen LogP contribution is -1.93. The summed E-state index contributed by atoms with van der Waals surface area (Å²) in [5.41, 5.74) is 5.84. The van der Waals surface area contributed by atoms with Gasteiger partial charge in [0.2, 0.25) is 0 Å². The lowest BCUT2D eigenvalue weighted by Gasteiger charge is -2.09. The third-order valence-corrected chi connectivity index (χ3v) is 4.11. The maximum atomic E-state index is 2.24. The van der Waals surface area contributed by atoms with Crippen LogP contribution in [0.2, 0.25) is 0 Å². The van der Waals surface area contributed by atoms with Crippen molar-refractivity contribution in [3.63, 3.8) is 0 Å². The van der Waals surface area contributed by atoms with Crippen LogP contribution < -0.4 is 0 Å². The van der Waals surface area contributed by atoms with E-state index in [2.05, 4.69) is 90.1 Å². The van der Waals surface area contributed by atoms with E-state index in [1.165, 1.54) is 22.3 Å². The predicted octanol–water partition coefficient (Wildman–Crippen LogP) is 6.74. The van der Waals surface area contributed by atoms with Gasteiger partial charge in [-0.1, -0.05) is 90.1 Å². The van der Waals surface area contributed by atoms with E-state index in [4.69, 9.17) is 0 Å². The van der Waals surface area contributed by atoms with E-state index in [-0.39, 0.29) is 0 Å². The van der Waals surface area contributed by atoms with Gasteiger partial charge in [0, 0.05) is 0 Å². The molecule has 0 unspecified atom stereocenters. The average Bonchev–Trinajstić information content (AvgIpc) is 2.55. The summed E-state index contributed by atoms with van der Waals surface area (Å²) in [6, 6.07) is 17.6. The Morgan fingerprint density at radius 3 is 1.68 bits per heavy atom. The summed E-state index contributed by atoms with van der Waals surface area (Å²) >= 11 is 0. The first-order chi connectivity index (χ1) is 10.5. The Morgan fingerprint density at radius 1 is 0.682 bits per heavy atom. The van der Waals surface area contributed by atoms with Crippen molar-refractivity contribution in [2.75, 3.05) is 0 Å². The Balaban J connectivity index is 0.000000220. The van der Waals surface area contributed by atoms with Crippen molar-refractivity contribution in [3.8, 4) is 0 Å². The molecule has 0 bridgehead atoms. The molecule has 0 atom stereocenters. The molecule has 120 valence electrons. The molecule has 0 N–H and O–H groups in total. The van der Waals surface area contributed by atoms with Crippen molar-refractivity contribution in [1.29, 1.82) is 0 Å². The minimum Gasteiger partial charge on any atom is -0.0620 e. The normalized spacial score (nSPS) is 10.5. The molecule has 0 radical (unpaired) electrons. The van der Waals surface area contributed by atoms with Crippen LogP contribution in [0, 0.1) is 0 Å². The van der Waals surface area contributed by atoms with Gasteiger partial charge in [-0.25, -0.2) is 0 Å². The van der Waals surface area contributed by atoms with Crippen LogP contribution in [0.15, 0.2) is 48.5 Å². The van der Waals surface area contributed by atoms with E-state index in [9.17, 15) is 0 Å². The molecule has 2 aromatic carbocycles. The molecular weight excluding hydrogens is 264 g/mol. The molecule has 0 amide bonds. The van der Waals surface area contributed by atoms with Crippen LogP contribution in [0.3, 0.4) is 0 Å². The summed E-state index contributed by atoms with van der Waals surface area (Å²) in [7, 11) is 0. The molecule has 0 spiro atoms. The molecule has 0 heteroatoms. The predicted molar refractivity (Wildman–Crippen MR) is 99.8 cm³/mol. The fraction of sp³-hybridized carbons (Fsp3) is 0.455. The fourth-order valence-electron chi connectivity index (χ4n) is 2.56. The lowest BCUT2D eigenvalue weighted by molar-refractivity contribution is 0.844. The first-order valence-electron chi connectivity index (χ1n) is 8.66. The molecule has 0 heterocycles.